The molecule has 3 aromatic carbocycles. The molecule has 192 valence electrons. The van der Waals surface area contributed by atoms with Gasteiger partial charge in [-0.2, -0.15) is 5.10 Å². The lowest BCUT2D eigenvalue weighted by Crippen LogP contribution is -2.36. The highest BCUT2D eigenvalue weighted by atomic mass is 32.1. The van der Waals surface area contributed by atoms with Crippen molar-refractivity contribution in [2.24, 2.45) is 10.1 Å². The molecule has 1 amide bonds. The van der Waals surface area contributed by atoms with Gasteiger partial charge in [0.25, 0.3) is 5.91 Å². The normalized spacial score (nSPS) is 15.8. The van der Waals surface area contributed by atoms with Gasteiger partial charge >= 0.3 is 0 Å². The van der Waals surface area contributed by atoms with Crippen molar-refractivity contribution in [3.8, 4) is 17.0 Å². The predicted octanol–water partition coefficient (Wildman–Crippen LogP) is 4.37. The lowest BCUT2D eigenvalue weighted by molar-refractivity contribution is -0.118. The Balaban J connectivity index is 1.33. The summed E-state index contributed by atoms with van der Waals surface area (Å²) in [5.74, 6) is 0.498. The van der Waals surface area contributed by atoms with Gasteiger partial charge in [-0.05, 0) is 41.5 Å². The Morgan fingerprint density at radius 3 is 2.63 bits per heavy atom. The molecule has 1 N–H and O–H groups in total. The molecule has 0 unspecified atom stereocenters. The second kappa shape index (κ2) is 11.0. The van der Waals surface area contributed by atoms with Gasteiger partial charge in [0.2, 0.25) is 4.80 Å². The summed E-state index contributed by atoms with van der Waals surface area (Å²) in [4.78, 5) is 19.8. The molecule has 4 aromatic rings. The van der Waals surface area contributed by atoms with Gasteiger partial charge in [0, 0.05) is 29.7 Å². The first-order valence-electron chi connectivity index (χ1n) is 12.5. The van der Waals surface area contributed by atoms with E-state index in [4.69, 9.17) is 19.6 Å². The summed E-state index contributed by atoms with van der Waals surface area (Å²) in [6.45, 7) is 3.91. The highest BCUT2D eigenvalue weighted by molar-refractivity contribution is 7.07. The summed E-state index contributed by atoms with van der Waals surface area (Å²) in [6.07, 6.45) is 1.85. The molecule has 0 spiro atoms. The number of morpholine rings is 1. The van der Waals surface area contributed by atoms with Gasteiger partial charge < -0.3 is 19.7 Å². The lowest BCUT2D eigenvalue weighted by atomic mass is 10.1. The fourth-order valence-electron chi connectivity index (χ4n) is 4.42. The molecule has 0 saturated carbocycles. The molecule has 9 heteroatoms. The number of nitrogens with one attached hydrogen (secondary N) is 1. The third-order valence-corrected chi connectivity index (χ3v) is 7.28. The van der Waals surface area contributed by atoms with Crippen LogP contribution in [-0.2, 0) is 16.1 Å². The van der Waals surface area contributed by atoms with E-state index in [9.17, 15) is 4.79 Å². The van der Waals surface area contributed by atoms with E-state index in [0.717, 1.165) is 53.5 Å². The van der Waals surface area contributed by atoms with Gasteiger partial charge in [-0.25, -0.2) is 4.68 Å². The van der Waals surface area contributed by atoms with Crippen LogP contribution < -0.4 is 19.8 Å². The number of carbonyl (C=O) groups is 1. The first-order chi connectivity index (χ1) is 18.7. The number of anilines is 2. The SMILES string of the molecule is O=C1COc2ccc(-c3csc(=NCc4ccccc4)n3N=Cc3ccc(N4CCOCC4)cc3)cc2N1. The molecule has 0 bridgehead atoms. The van der Waals surface area contributed by atoms with Crippen LogP contribution in [0.5, 0.6) is 5.75 Å². The number of nitrogens with zero attached hydrogens (tertiary/aromatic N) is 4. The first-order valence-corrected chi connectivity index (χ1v) is 13.4. The van der Waals surface area contributed by atoms with E-state index in [1.165, 1.54) is 17.0 Å². The number of thiazole rings is 1. The zero-order valence-corrected chi connectivity index (χ0v) is 21.6. The summed E-state index contributed by atoms with van der Waals surface area (Å²) >= 11 is 1.53. The van der Waals surface area contributed by atoms with Crippen molar-refractivity contribution in [2.75, 3.05) is 43.1 Å². The Bertz CT molecular complexity index is 1520. The lowest BCUT2D eigenvalue weighted by Gasteiger charge is -2.28. The second-order valence-corrected chi connectivity index (χ2v) is 9.84. The van der Waals surface area contributed by atoms with Crippen molar-refractivity contribution in [3.05, 3.63) is 94.1 Å². The highest BCUT2D eigenvalue weighted by Crippen LogP contribution is 2.33. The van der Waals surface area contributed by atoms with Crippen LogP contribution in [0.2, 0.25) is 0 Å². The number of rotatable bonds is 6. The summed E-state index contributed by atoms with van der Waals surface area (Å²) < 4.78 is 12.9. The maximum absolute atomic E-state index is 11.9. The zero-order valence-electron chi connectivity index (χ0n) is 20.7. The molecule has 2 aliphatic rings. The van der Waals surface area contributed by atoms with E-state index in [0.29, 0.717) is 18.0 Å². The molecule has 0 atom stereocenters. The van der Waals surface area contributed by atoms with Crippen molar-refractivity contribution in [1.82, 2.24) is 4.68 Å². The number of fused-ring (bicyclic) bond motifs is 1. The van der Waals surface area contributed by atoms with Crippen LogP contribution >= 0.6 is 11.3 Å². The Labute approximate surface area is 224 Å². The van der Waals surface area contributed by atoms with Crippen molar-refractivity contribution in [1.29, 1.82) is 0 Å². The fourth-order valence-corrected chi connectivity index (χ4v) is 5.26. The number of benzene rings is 3. The van der Waals surface area contributed by atoms with Crippen molar-refractivity contribution in [3.63, 3.8) is 0 Å². The quantitative estimate of drug-likeness (QED) is 0.379. The minimum absolute atomic E-state index is 0.0297. The third kappa shape index (κ3) is 5.39. The highest BCUT2D eigenvalue weighted by Gasteiger charge is 2.18. The number of hydrogen-bond acceptors (Lipinski definition) is 7. The number of amides is 1. The minimum atomic E-state index is -0.162. The molecule has 1 saturated heterocycles. The molecule has 0 radical (unpaired) electrons. The van der Waals surface area contributed by atoms with E-state index < -0.39 is 0 Å². The van der Waals surface area contributed by atoms with Gasteiger partial charge in [0.1, 0.15) is 5.75 Å². The summed E-state index contributed by atoms with van der Waals surface area (Å²) in [7, 11) is 0. The van der Waals surface area contributed by atoms with Crippen LogP contribution in [-0.4, -0.2) is 49.7 Å². The molecule has 0 aliphatic carbocycles. The van der Waals surface area contributed by atoms with Crippen LogP contribution in [0.3, 0.4) is 0 Å². The van der Waals surface area contributed by atoms with Crippen molar-refractivity contribution < 1.29 is 14.3 Å². The van der Waals surface area contributed by atoms with Crippen molar-refractivity contribution >= 4 is 34.8 Å². The van der Waals surface area contributed by atoms with Crippen molar-refractivity contribution in [2.45, 2.75) is 6.54 Å². The first kappa shape index (κ1) is 24.1. The molecular formula is C29H27N5O3S. The second-order valence-electron chi connectivity index (χ2n) is 9.00. The molecule has 2 aliphatic heterocycles. The van der Waals surface area contributed by atoms with Gasteiger partial charge in [0.05, 0.1) is 37.4 Å². The summed E-state index contributed by atoms with van der Waals surface area (Å²) in [5, 5.41) is 9.78. The van der Waals surface area contributed by atoms with Crippen LogP contribution in [0.25, 0.3) is 11.3 Å². The summed E-state index contributed by atoms with van der Waals surface area (Å²) in [6, 6.07) is 24.3. The molecule has 38 heavy (non-hydrogen) atoms. The maximum Gasteiger partial charge on any atom is 0.262 e. The molecule has 1 fully saturated rings. The van der Waals surface area contributed by atoms with Crippen LogP contribution in [0.4, 0.5) is 11.4 Å². The largest absolute Gasteiger partial charge is 0.482 e. The average molecular weight is 526 g/mol. The average Bonchev–Trinajstić information content (AvgIpc) is 3.38. The number of aromatic nitrogens is 1. The van der Waals surface area contributed by atoms with Crippen LogP contribution in [0.1, 0.15) is 11.1 Å². The third-order valence-electron chi connectivity index (χ3n) is 6.42. The number of ether oxygens (including phenoxy) is 2. The van der Waals surface area contributed by atoms with E-state index in [1.54, 1.807) is 0 Å². The Hall–Kier alpha value is -4.21. The Morgan fingerprint density at radius 1 is 1.00 bits per heavy atom. The minimum Gasteiger partial charge on any atom is -0.482 e. The fraction of sp³-hybridized carbons (Fsp3) is 0.207. The number of carbonyl (C=O) groups excluding carboxylic acids is 1. The van der Waals surface area contributed by atoms with E-state index in [-0.39, 0.29) is 12.5 Å². The number of hydrogen-bond donors (Lipinski definition) is 1. The monoisotopic (exact) mass is 525 g/mol. The zero-order chi connectivity index (χ0) is 25.7. The van der Waals surface area contributed by atoms with E-state index in [1.807, 2.05) is 52.7 Å². The maximum atomic E-state index is 11.9. The predicted molar refractivity (Wildman–Crippen MR) is 150 cm³/mol. The van der Waals surface area contributed by atoms with Crippen LogP contribution in [0.15, 0.2) is 88.3 Å². The molecule has 8 nitrogen and oxygen atoms in total. The van der Waals surface area contributed by atoms with Crippen LogP contribution in [0, 0.1) is 0 Å². The van der Waals surface area contributed by atoms with Gasteiger partial charge in [-0.1, -0.05) is 42.5 Å². The van der Waals surface area contributed by atoms with Gasteiger partial charge in [0.15, 0.2) is 6.61 Å². The molecule has 3 heterocycles. The molecule has 1 aromatic heterocycles. The standard InChI is InChI=1S/C29H27N5O3S/c35-28-19-37-27-11-8-23(16-25(27)32-28)26-20-38-29(30-17-21-4-2-1-3-5-21)34(26)31-18-22-6-9-24(10-7-22)33-12-14-36-15-13-33/h1-11,16,18,20H,12-15,17,19H2,(H,32,35). The van der Waals surface area contributed by atoms with E-state index >= 15 is 0 Å². The topological polar surface area (TPSA) is 80.5 Å². The van der Waals surface area contributed by atoms with E-state index in [2.05, 4.69) is 46.6 Å². The van der Waals surface area contributed by atoms with Gasteiger partial charge in [-0.3, -0.25) is 9.79 Å². The Kier molecular flexibility index (Phi) is 7.01. The summed E-state index contributed by atoms with van der Waals surface area (Å²) in [5.41, 5.74) is 5.75. The Morgan fingerprint density at radius 2 is 1.82 bits per heavy atom. The molecule has 6 rings (SSSR count). The van der Waals surface area contributed by atoms with Gasteiger partial charge in [-0.15, -0.1) is 11.3 Å². The smallest absolute Gasteiger partial charge is 0.262 e. The molecular weight excluding hydrogens is 498 g/mol.